The number of benzene rings is 2. The highest BCUT2D eigenvalue weighted by Crippen LogP contribution is 2.27. The Hall–Kier alpha value is -3.09. The monoisotopic (exact) mass is 409 g/mol. The van der Waals surface area contributed by atoms with E-state index < -0.39 is 0 Å². The summed E-state index contributed by atoms with van der Waals surface area (Å²) in [5.41, 5.74) is 9.06. The Morgan fingerprint density at radius 2 is 1.83 bits per heavy atom. The van der Waals surface area contributed by atoms with Crippen LogP contribution in [0.5, 0.6) is 0 Å². The lowest BCUT2D eigenvalue weighted by Gasteiger charge is -2.36. The molecular formula is C23H28FN5O. The molecule has 1 heterocycles. The van der Waals surface area contributed by atoms with E-state index in [1.54, 1.807) is 12.1 Å². The molecule has 1 aliphatic carbocycles. The summed E-state index contributed by atoms with van der Waals surface area (Å²) in [6, 6.07) is 14.4. The molecule has 0 unspecified atom stereocenters. The van der Waals surface area contributed by atoms with Crippen LogP contribution in [0.25, 0.3) is 0 Å². The van der Waals surface area contributed by atoms with Gasteiger partial charge in [0, 0.05) is 43.5 Å². The van der Waals surface area contributed by atoms with E-state index in [0.29, 0.717) is 12.5 Å². The van der Waals surface area contributed by atoms with Gasteiger partial charge < -0.3 is 20.9 Å². The smallest absolute Gasteiger partial charge is 0.227 e. The van der Waals surface area contributed by atoms with Crippen LogP contribution in [-0.2, 0) is 11.3 Å². The zero-order valence-electron chi connectivity index (χ0n) is 17.1. The molecule has 0 radical (unpaired) electrons. The van der Waals surface area contributed by atoms with E-state index in [9.17, 15) is 9.18 Å². The number of piperazine rings is 1. The molecule has 7 heteroatoms. The number of hydrogen-bond donors (Lipinski definition) is 2. The van der Waals surface area contributed by atoms with Gasteiger partial charge >= 0.3 is 0 Å². The Bertz CT molecular complexity index is 902. The number of halogens is 1. The zero-order chi connectivity index (χ0) is 20.9. The number of anilines is 2. The molecule has 1 saturated heterocycles. The van der Waals surface area contributed by atoms with E-state index >= 15 is 0 Å². The second-order valence-electron chi connectivity index (χ2n) is 7.94. The quantitative estimate of drug-likeness (QED) is 0.588. The van der Waals surface area contributed by atoms with Crippen molar-refractivity contribution in [1.82, 2.24) is 4.90 Å². The number of amides is 1. The van der Waals surface area contributed by atoms with Gasteiger partial charge in [0.1, 0.15) is 5.82 Å². The van der Waals surface area contributed by atoms with Crippen molar-refractivity contribution >= 4 is 23.2 Å². The van der Waals surface area contributed by atoms with E-state index in [0.717, 1.165) is 62.4 Å². The molecule has 4 rings (SSSR count). The van der Waals surface area contributed by atoms with Crippen LogP contribution in [0.4, 0.5) is 15.8 Å². The van der Waals surface area contributed by atoms with Gasteiger partial charge in [-0.3, -0.25) is 4.79 Å². The average molecular weight is 410 g/mol. The number of aliphatic imine (C=N–C) groups is 1. The largest absolute Gasteiger partial charge is 0.370 e. The van der Waals surface area contributed by atoms with Gasteiger partial charge in [0.25, 0.3) is 0 Å². The highest BCUT2D eigenvalue weighted by molar-refractivity contribution is 5.93. The van der Waals surface area contributed by atoms with Gasteiger partial charge in [-0.1, -0.05) is 18.6 Å². The molecule has 0 aromatic heterocycles. The van der Waals surface area contributed by atoms with Crippen LogP contribution >= 0.6 is 0 Å². The maximum absolute atomic E-state index is 13.1. The lowest BCUT2D eigenvalue weighted by molar-refractivity contribution is -0.122. The van der Waals surface area contributed by atoms with E-state index in [1.807, 2.05) is 24.3 Å². The molecule has 2 aliphatic rings. The predicted octanol–water partition coefficient (Wildman–Crippen LogP) is 3.20. The second kappa shape index (κ2) is 9.15. The van der Waals surface area contributed by atoms with Gasteiger partial charge in [0.05, 0.1) is 6.54 Å². The SMILES string of the molecule is NC(=NCc1cccc(NC(=O)C2CCC2)c1)N1CCN(c2ccc(F)cc2)CC1. The first-order valence-electron chi connectivity index (χ1n) is 10.5. The van der Waals surface area contributed by atoms with Gasteiger partial charge in [-0.05, 0) is 54.8 Å². The second-order valence-corrected chi connectivity index (χ2v) is 7.94. The number of hydrogen-bond acceptors (Lipinski definition) is 3. The molecule has 1 amide bonds. The Labute approximate surface area is 176 Å². The van der Waals surface area contributed by atoms with Crippen molar-refractivity contribution in [3.8, 4) is 0 Å². The maximum atomic E-state index is 13.1. The predicted molar refractivity (Wildman–Crippen MR) is 118 cm³/mol. The molecule has 1 aliphatic heterocycles. The Kier molecular flexibility index (Phi) is 6.16. The van der Waals surface area contributed by atoms with E-state index in [4.69, 9.17) is 5.73 Å². The summed E-state index contributed by atoms with van der Waals surface area (Å²) in [5, 5.41) is 3.00. The molecule has 2 aromatic rings. The topological polar surface area (TPSA) is 74.0 Å². The van der Waals surface area contributed by atoms with Gasteiger partial charge in [-0.15, -0.1) is 0 Å². The summed E-state index contributed by atoms with van der Waals surface area (Å²) in [7, 11) is 0. The van der Waals surface area contributed by atoms with Gasteiger partial charge in [0.2, 0.25) is 5.91 Å². The highest BCUT2D eigenvalue weighted by atomic mass is 19.1. The number of guanidine groups is 1. The summed E-state index contributed by atoms with van der Waals surface area (Å²) >= 11 is 0. The minimum absolute atomic E-state index is 0.112. The van der Waals surface area contributed by atoms with E-state index in [1.165, 1.54) is 12.1 Å². The Morgan fingerprint density at radius 3 is 2.50 bits per heavy atom. The summed E-state index contributed by atoms with van der Waals surface area (Å²) in [6.45, 7) is 3.63. The minimum atomic E-state index is -0.222. The fraction of sp³-hybridized carbons (Fsp3) is 0.391. The first-order chi connectivity index (χ1) is 14.6. The van der Waals surface area contributed by atoms with Crippen molar-refractivity contribution in [3.63, 3.8) is 0 Å². The van der Waals surface area contributed by atoms with Crippen LogP contribution in [-0.4, -0.2) is 42.9 Å². The number of nitrogens with zero attached hydrogens (tertiary/aromatic N) is 3. The summed E-state index contributed by atoms with van der Waals surface area (Å²) in [5.74, 6) is 0.578. The third kappa shape index (κ3) is 4.90. The van der Waals surface area contributed by atoms with Gasteiger partial charge in [-0.2, -0.15) is 0 Å². The summed E-state index contributed by atoms with van der Waals surface area (Å²) < 4.78 is 13.1. The molecule has 0 spiro atoms. The fourth-order valence-corrected chi connectivity index (χ4v) is 3.78. The molecule has 2 fully saturated rings. The normalized spacial score (nSPS) is 17.6. The number of nitrogens with one attached hydrogen (secondary N) is 1. The molecule has 0 bridgehead atoms. The third-order valence-corrected chi connectivity index (χ3v) is 5.89. The molecule has 1 saturated carbocycles. The first-order valence-corrected chi connectivity index (χ1v) is 10.5. The highest BCUT2D eigenvalue weighted by Gasteiger charge is 2.25. The number of nitrogens with two attached hydrogens (primary N) is 1. The molecule has 0 atom stereocenters. The molecule has 2 aromatic carbocycles. The fourth-order valence-electron chi connectivity index (χ4n) is 3.78. The van der Waals surface area contributed by atoms with Gasteiger partial charge in [0.15, 0.2) is 5.96 Å². The standard InChI is InChI=1S/C23H28FN5O/c24-19-7-9-21(10-8-19)28-11-13-29(14-12-28)23(25)26-16-17-3-1-6-20(15-17)27-22(30)18-4-2-5-18/h1,3,6-10,15,18H,2,4-5,11-14,16H2,(H2,25,26)(H,27,30). The number of carbonyl (C=O) groups excluding carboxylic acids is 1. The lowest BCUT2D eigenvalue weighted by atomic mass is 9.85. The maximum Gasteiger partial charge on any atom is 0.227 e. The molecule has 3 N–H and O–H groups in total. The first kappa shape index (κ1) is 20.2. The van der Waals surface area contributed by atoms with Crippen molar-refractivity contribution in [1.29, 1.82) is 0 Å². The third-order valence-electron chi connectivity index (χ3n) is 5.89. The molecule has 30 heavy (non-hydrogen) atoms. The van der Waals surface area contributed by atoms with Crippen LogP contribution in [0.3, 0.4) is 0 Å². The van der Waals surface area contributed by atoms with Crippen molar-refractivity contribution in [2.75, 3.05) is 36.4 Å². The zero-order valence-corrected chi connectivity index (χ0v) is 17.1. The number of rotatable bonds is 5. The molecule has 6 nitrogen and oxygen atoms in total. The van der Waals surface area contributed by atoms with Crippen molar-refractivity contribution in [2.45, 2.75) is 25.8 Å². The Morgan fingerprint density at radius 1 is 1.10 bits per heavy atom. The summed E-state index contributed by atoms with van der Waals surface area (Å²) in [4.78, 5) is 21.0. The lowest BCUT2D eigenvalue weighted by Crippen LogP contribution is -2.51. The van der Waals surface area contributed by atoms with Crippen LogP contribution in [0.2, 0.25) is 0 Å². The molecule has 158 valence electrons. The van der Waals surface area contributed by atoms with Crippen molar-refractivity contribution in [3.05, 3.63) is 59.9 Å². The molecular weight excluding hydrogens is 381 g/mol. The van der Waals surface area contributed by atoms with Crippen LogP contribution in [0, 0.1) is 11.7 Å². The van der Waals surface area contributed by atoms with Crippen molar-refractivity contribution in [2.24, 2.45) is 16.6 Å². The average Bonchev–Trinajstić information content (AvgIpc) is 2.72. The van der Waals surface area contributed by atoms with E-state index in [2.05, 4.69) is 20.1 Å². The Balaban J connectivity index is 1.29. The van der Waals surface area contributed by atoms with Crippen LogP contribution in [0.1, 0.15) is 24.8 Å². The minimum Gasteiger partial charge on any atom is -0.370 e. The van der Waals surface area contributed by atoms with E-state index in [-0.39, 0.29) is 17.6 Å². The number of carbonyl (C=O) groups is 1. The van der Waals surface area contributed by atoms with Crippen molar-refractivity contribution < 1.29 is 9.18 Å². The summed E-state index contributed by atoms with van der Waals surface area (Å²) in [6.07, 6.45) is 3.12. The van der Waals surface area contributed by atoms with Crippen LogP contribution < -0.4 is 16.0 Å². The van der Waals surface area contributed by atoms with Gasteiger partial charge in [-0.25, -0.2) is 9.38 Å². The van der Waals surface area contributed by atoms with Crippen LogP contribution in [0.15, 0.2) is 53.5 Å².